The van der Waals surface area contributed by atoms with E-state index in [1.54, 1.807) is 30.5 Å². The first-order valence-corrected chi connectivity index (χ1v) is 10.2. The van der Waals surface area contributed by atoms with Crippen molar-refractivity contribution in [3.63, 3.8) is 0 Å². The highest BCUT2D eigenvalue weighted by Crippen LogP contribution is 2.30. The highest BCUT2D eigenvalue weighted by Gasteiger charge is 2.29. The fourth-order valence-electron chi connectivity index (χ4n) is 3.71. The number of anilines is 1. The van der Waals surface area contributed by atoms with Gasteiger partial charge in [-0.1, -0.05) is 6.42 Å². The van der Waals surface area contributed by atoms with E-state index in [0.717, 1.165) is 37.4 Å². The van der Waals surface area contributed by atoms with Crippen molar-refractivity contribution in [3.05, 3.63) is 54.0 Å². The highest BCUT2D eigenvalue weighted by molar-refractivity contribution is 5.96. The van der Waals surface area contributed by atoms with E-state index < -0.39 is 0 Å². The molecule has 0 radical (unpaired) electrons. The third-order valence-electron chi connectivity index (χ3n) is 5.52. The van der Waals surface area contributed by atoms with E-state index in [1.165, 1.54) is 19.3 Å². The van der Waals surface area contributed by atoms with Crippen LogP contribution in [0.2, 0.25) is 0 Å². The molecule has 2 aliphatic rings. The van der Waals surface area contributed by atoms with Gasteiger partial charge in [0.1, 0.15) is 5.76 Å². The van der Waals surface area contributed by atoms with E-state index in [9.17, 15) is 9.59 Å². The summed E-state index contributed by atoms with van der Waals surface area (Å²) in [5.41, 5.74) is 1.32. The SMILES string of the molecule is O=C(NCC(c1ccco1)N1CCCCC1)c1ccc(NC(=O)C2CC2)cc1. The van der Waals surface area contributed by atoms with Crippen LogP contribution >= 0.6 is 0 Å². The van der Waals surface area contributed by atoms with Crippen LogP contribution in [-0.4, -0.2) is 36.3 Å². The zero-order chi connectivity index (χ0) is 19.3. The number of nitrogens with zero attached hydrogens (tertiary/aromatic N) is 1. The Bertz CT molecular complexity index is 791. The Morgan fingerprint density at radius 2 is 1.82 bits per heavy atom. The van der Waals surface area contributed by atoms with Gasteiger partial charge in [-0.3, -0.25) is 14.5 Å². The van der Waals surface area contributed by atoms with Crippen molar-refractivity contribution in [3.8, 4) is 0 Å². The molecule has 0 spiro atoms. The fraction of sp³-hybridized carbons (Fsp3) is 0.455. The van der Waals surface area contributed by atoms with E-state index >= 15 is 0 Å². The lowest BCUT2D eigenvalue weighted by atomic mass is 10.1. The van der Waals surface area contributed by atoms with Gasteiger partial charge in [-0.25, -0.2) is 0 Å². The van der Waals surface area contributed by atoms with Crippen molar-refractivity contribution in [1.29, 1.82) is 0 Å². The number of piperidine rings is 1. The molecule has 2 amide bonds. The molecule has 6 heteroatoms. The molecule has 2 N–H and O–H groups in total. The van der Waals surface area contributed by atoms with Gasteiger partial charge in [0.25, 0.3) is 5.91 Å². The van der Waals surface area contributed by atoms with Gasteiger partial charge in [0.2, 0.25) is 5.91 Å². The molecule has 1 unspecified atom stereocenters. The number of rotatable bonds is 7. The minimum Gasteiger partial charge on any atom is -0.468 e. The van der Waals surface area contributed by atoms with Gasteiger partial charge < -0.3 is 15.1 Å². The molecule has 1 aliphatic heterocycles. The number of hydrogen-bond acceptors (Lipinski definition) is 4. The summed E-state index contributed by atoms with van der Waals surface area (Å²) < 4.78 is 5.63. The van der Waals surface area contributed by atoms with Crippen LogP contribution in [0.15, 0.2) is 47.1 Å². The van der Waals surface area contributed by atoms with Gasteiger partial charge >= 0.3 is 0 Å². The molecular formula is C22H27N3O3. The first-order chi connectivity index (χ1) is 13.7. The van der Waals surface area contributed by atoms with E-state index in [1.807, 2.05) is 12.1 Å². The summed E-state index contributed by atoms with van der Waals surface area (Å²) in [4.78, 5) is 26.8. The molecule has 1 saturated heterocycles. The Morgan fingerprint density at radius 3 is 2.46 bits per heavy atom. The summed E-state index contributed by atoms with van der Waals surface area (Å²) in [6, 6.07) is 11.0. The molecule has 0 bridgehead atoms. The smallest absolute Gasteiger partial charge is 0.251 e. The molecule has 28 heavy (non-hydrogen) atoms. The van der Waals surface area contributed by atoms with Gasteiger partial charge in [-0.2, -0.15) is 0 Å². The van der Waals surface area contributed by atoms with Gasteiger partial charge in [-0.15, -0.1) is 0 Å². The number of nitrogens with one attached hydrogen (secondary N) is 2. The Hall–Kier alpha value is -2.60. The Morgan fingerprint density at radius 1 is 1.07 bits per heavy atom. The fourth-order valence-corrected chi connectivity index (χ4v) is 3.71. The number of amides is 2. The van der Waals surface area contributed by atoms with Crippen molar-refractivity contribution < 1.29 is 14.0 Å². The molecule has 2 aromatic rings. The number of hydrogen-bond donors (Lipinski definition) is 2. The molecule has 148 valence electrons. The molecule has 4 rings (SSSR count). The summed E-state index contributed by atoms with van der Waals surface area (Å²) >= 11 is 0. The van der Waals surface area contributed by atoms with Crippen LogP contribution in [0.25, 0.3) is 0 Å². The van der Waals surface area contributed by atoms with E-state index in [-0.39, 0.29) is 23.8 Å². The second kappa shape index (κ2) is 8.61. The van der Waals surface area contributed by atoms with E-state index in [2.05, 4.69) is 15.5 Å². The third-order valence-corrected chi connectivity index (χ3v) is 5.52. The molecule has 6 nitrogen and oxygen atoms in total. The lowest BCUT2D eigenvalue weighted by Gasteiger charge is -2.33. The molecule has 2 heterocycles. The number of likely N-dealkylation sites (tertiary alicyclic amines) is 1. The molecular weight excluding hydrogens is 354 g/mol. The van der Waals surface area contributed by atoms with Crippen LogP contribution in [0, 0.1) is 5.92 Å². The second-order valence-corrected chi connectivity index (χ2v) is 7.68. The first kappa shape index (κ1) is 18.7. The quantitative estimate of drug-likeness (QED) is 0.769. The van der Waals surface area contributed by atoms with Crippen LogP contribution in [0.3, 0.4) is 0 Å². The normalized spacial score (nSPS) is 18.4. The number of benzene rings is 1. The lowest BCUT2D eigenvalue weighted by molar-refractivity contribution is -0.117. The Balaban J connectivity index is 1.35. The van der Waals surface area contributed by atoms with Crippen LogP contribution in [-0.2, 0) is 4.79 Å². The maximum Gasteiger partial charge on any atom is 0.251 e. The summed E-state index contributed by atoms with van der Waals surface area (Å²) in [7, 11) is 0. The predicted molar refractivity (Wildman–Crippen MR) is 107 cm³/mol. The summed E-state index contributed by atoms with van der Waals surface area (Å²) in [6.07, 6.45) is 7.25. The molecule has 1 aromatic carbocycles. The van der Waals surface area contributed by atoms with Crippen molar-refractivity contribution >= 4 is 17.5 Å². The van der Waals surface area contributed by atoms with E-state index in [0.29, 0.717) is 12.1 Å². The largest absolute Gasteiger partial charge is 0.468 e. The Labute approximate surface area is 165 Å². The zero-order valence-corrected chi connectivity index (χ0v) is 16.0. The van der Waals surface area contributed by atoms with Crippen LogP contribution in [0.1, 0.15) is 54.3 Å². The van der Waals surface area contributed by atoms with Crippen LogP contribution in [0.5, 0.6) is 0 Å². The van der Waals surface area contributed by atoms with Crippen LogP contribution in [0.4, 0.5) is 5.69 Å². The van der Waals surface area contributed by atoms with Gasteiger partial charge in [0.15, 0.2) is 0 Å². The maximum atomic E-state index is 12.6. The van der Waals surface area contributed by atoms with Crippen molar-refractivity contribution in [1.82, 2.24) is 10.2 Å². The topological polar surface area (TPSA) is 74.6 Å². The first-order valence-electron chi connectivity index (χ1n) is 10.2. The maximum absolute atomic E-state index is 12.6. The number of furan rings is 1. The summed E-state index contributed by atoms with van der Waals surface area (Å²) in [5, 5.41) is 5.94. The highest BCUT2D eigenvalue weighted by atomic mass is 16.3. The van der Waals surface area contributed by atoms with E-state index in [4.69, 9.17) is 4.42 Å². The summed E-state index contributed by atoms with van der Waals surface area (Å²) in [5.74, 6) is 1.00. The average Bonchev–Trinajstić information content (AvgIpc) is 3.45. The molecule has 1 saturated carbocycles. The van der Waals surface area contributed by atoms with Gasteiger partial charge in [0, 0.05) is 23.7 Å². The second-order valence-electron chi connectivity index (χ2n) is 7.68. The third kappa shape index (κ3) is 4.62. The number of carbonyl (C=O) groups excluding carboxylic acids is 2. The molecule has 1 aliphatic carbocycles. The van der Waals surface area contributed by atoms with Gasteiger partial charge in [0.05, 0.1) is 12.3 Å². The van der Waals surface area contributed by atoms with Gasteiger partial charge in [-0.05, 0) is 75.2 Å². The molecule has 2 fully saturated rings. The molecule has 1 atom stereocenters. The minimum atomic E-state index is -0.117. The summed E-state index contributed by atoms with van der Waals surface area (Å²) in [6.45, 7) is 2.56. The standard InChI is InChI=1S/C22H27N3O3/c26-21(16-8-10-18(11-9-16)24-22(27)17-6-7-17)23-15-19(20-5-4-14-28-20)25-12-2-1-3-13-25/h4-5,8-11,14,17,19H,1-3,6-7,12-13,15H2,(H,23,26)(H,24,27). The number of carbonyl (C=O) groups is 2. The average molecular weight is 381 g/mol. The Kier molecular flexibility index (Phi) is 5.76. The molecule has 1 aromatic heterocycles. The predicted octanol–water partition coefficient (Wildman–Crippen LogP) is 3.59. The lowest BCUT2D eigenvalue weighted by Crippen LogP contribution is -2.40. The monoisotopic (exact) mass is 381 g/mol. The van der Waals surface area contributed by atoms with Crippen LogP contribution < -0.4 is 10.6 Å². The van der Waals surface area contributed by atoms with Crippen molar-refractivity contribution in [2.24, 2.45) is 5.92 Å². The minimum absolute atomic E-state index is 0.0522. The van der Waals surface area contributed by atoms with Crippen molar-refractivity contribution in [2.75, 3.05) is 25.0 Å². The zero-order valence-electron chi connectivity index (χ0n) is 16.0. The van der Waals surface area contributed by atoms with Crippen molar-refractivity contribution in [2.45, 2.75) is 38.1 Å².